The van der Waals surface area contributed by atoms with Crippen molar-refractivity contribution >= 4 is 21.4 Å². The summed E-state index contributed by atoms with van der Waals surface area (Å²) in [5.74, 6) is -1.24. The van der Waals surface area contributed by atoms with Gasteiger partial charge in [-0.25, -0.2) is 17.2 Å². The Hall–Kier alpha value is -2.59. The van der Waals surface area contributed by atoms with Crippen molar-refractivity contribution < 1.29 is 22.1 Å². The average molecular weight is 383 g/mol. The van der Waals surface area contributed by atoms with E-state index >= 15 is 0 Å². The molecule has 10 heteroatoms. The first kappa shape index (κ1) is 18.2. The van der Waals surface area contributed by atoms with Crippen LogP contribution in [0.3, 0.4) is 0 Å². The average Bonchev–Trinajstić information content (AvgIpc) is 2.62. The first-order chi connectivity index (χ1) is 12.3. The highest BCUT2D eigenvalue weighted by Crippen LogP contribution is 2.30. The van der Waals surface area contributed by atoms with E-state index in [2.05, 4.69) is 0 Å². The van der Waals surface area contributed by atoms with E-state index in [1.807, 2.05) is 0 Å². The lowest BCUT2D eigenvalue weighted by atomic mass is 10.2. The zero-order valence-corrected chi connectivity index (χ0v) is 14.3. The lowest BCUT2D eigenvalue weighted by molar-refractivity contribution is -0.384. The van der Waals surface area contributed by atoms with Gasteiger partial charge in [-0.1, -0.05) is 0 Å². The van der Waals surface area contributed by atoms with Crippen molar-refractivity contribution in [1.82, 2.24) is 4.31 Å². The minimum absolute atomic E-state index is 0.0138. The molecule has 1 saturated heterocycles. The van der Waals surface area contributed by atoms with Crippen molar-refractivity contribution in [3.63, 3.8) is 0 Å². The van der Waals surface area contributed by atoms with Gasteiger partial charge in [-0.3, -0.25) is 10.1 Å². The van der Waals surface area contributed by atoms with Crippen molar-refractivity contribution in [3.05, 3.63) is 64.2 Å². The van der Waals surface area contributed by atoms with Gasteiger partial charge in [0.25, 0.3) is 5.69 Å². The Kier molecular flexibility index (Phi) is 4.88. The number of hydrogen-bond donors (Lipinski definition) is 0. The fraction of sp³-hybridized carbons (Fsp3) is 0.250. The predicted octanol–water partition coefficient (Wildman–Crippen LogP) is 2.38. The lowest BCUT2D eigenvalue weighted by Gasteiger charge is -2.35. The van der Waals surface area contributed by atoms with Crippen LogP contribution in [-0.4, -0.2) is 43.8 Å². The summed E-state index contributed by atoms with van der Waals surface area (Å²) >= 11 is 0. The maximum absolute atomic E-state index is 13.3. The number of nitro groups is 1. The SMILES string of the molecule is O=[N+]([O-])c1cc(F)ccc1N1CCN(S(=O)(=O)c2ccc(F)cc2)CC1. The highest BCUT2D eigenvalue weighted by Gasteiger charge is 2.30. The number of hydrogen-bond acceptors (Lipinski definition) is 5. The van der Waals surface area contributed by atoms with Crippen molar-refractivity contribution in [3.8, 4) is 0 Å². The van der Waals surface area contributed by atoms with Crippen molar-refractivity contribution in [2.24, 2.45) is 0 Å². The van der Waals surface area contributed by atoms with Gasteiger partial charge in [0.2, 0.25) is 10.0 Å². The van der Waals surface area contributed by atoms with Gasteiger partial charge >= 0.3 is 0 Å². The van der Waals surface area contributed by atoms with Gasteiger partial charge in [0.15, 0.2) is 0 Å². The van der Waals surface area contributed by atoms with E-state index in [1.165, 1.54) is 22.5 Å². The predicted molar refractivity (Wildman–Crippen MR) is 90.4 cm³/mol. The second-order valence-corrected chi connectivity index (χ2v) is 7.67. The molecule has 0 atom stereocenters. The Balaban J connectivity index is 1.77. The fourth-order valence-corrected chi connectivity index (χ4v) is 4.26. The number of piperazine rings is 1. The molecule has 3 rings (SSSR count). The minimum Gasteiger partial charge on any atom is -0.363 e. The quantitative estimate of drug-likeness (QED) is 0.598. The van der Waals surface area contributed by atoms with Crippen LogP contribution in [0.5, 0.6) is 0 Å². The first-order valence-corrected chi connectivity index (χ1v) is 9.17. The third-order valence-corrected chi connectivity index (χ3v) is 6.08. The van der Waals surface area contributed by atoms with Gasteiger partial charge in [-0.2, -0.15) is 4.31 Å². The molecule has 2 aromatic rings. The molecule has 0 N–H and O–H groups in total. The Bertz CT molecular complexity index is 927. The summed E-state index contributed by atoms with van der Waals surface area (Å²) in [6.45, 7) is 0.641. The molecule has 0 radical (unpaired) electrons. The Morgan fingerprint density at radius 1 is 0.923 bits per heavy atom. The van der Waals surface area contributed by atoms with E-state index in [9.17, 15) is 27.3 Å². The summed E-state index contributed by atoms with van der Waals surface area (Å²) in [4.78, 5) is 12.1. The molecule has 0 aromatic heterocycles. The van der Waals surface area contributed by atoms with E-state index in [0.29, 0.717) is 0 Å². The van der Waals surface area contributed by atoms with Crippen molar-refractivity contribution in [1.29, 1.82) is 0 Å². The third kappa shape index (κ3) is 3.51. The van der Waals surface area contributed by atoms with Gasteiger partial charge < -0.3 is 4.90 Å². The maximum atomic E-state index is 13.3. The molecule has 0 aliphatic carbocycles. The number of sulfonamides is 1. The molecule has 1 fully saturated rings. The van der Waals surface area contributed by atoms with Crippen LogP contribution >= 0.6 is 0 Å². The number of benzene rings is 2. The Morgan fingerprint density at radius 3 is 2.08 bits per heavy atom. The zero-order chi connectivity index (χ0) is 18.9. The van der Waals surface area contributed by atoms with Crippen molar-refractivity contribution in [2.75, 3.05) is 31.1 Å². The number of halogens is 2. The normalized spacial score (nSPS) is 15.8. The smallest absolute Gasteiger partial charge is 0.295 e. The second-order valence-electron chi connectivity index (χ2n) is 5.74. The van der Waals surface area contributed by atoms with E-state index in [4.69, 9.17) is 0 Å². The van der Waals surface area contributed by atoms with Crippen LogP contribution in [0.25, 0.3) is 0 Å². The molecule has 26 heavy (non-hydrogen) atoms. The molecular formula is C16H15F2N3O4S. The number of rotatable bonds is 4. The molecule has 1 aliphatic heterocycles. The summed E-state index contributed by atoms with van der Waals surface area (Å²) in [7, 11) is -3.77. The molecule has 0 unspecified atom stereocenters. The zero-order valence-electron chi connectivity index (χ0n) is 13.5. The Morgan fingerprint density at radius 2 is 1.50 bits per heavy atom. The van der Waals surface area contributed by atoms with Gasteiger partial charge in [0.1, 0.15) is 17.3 Å². The molecule has 0 amide bonds. The summed E-state index contributed by atoms with van der Waals surface area (Å²) in [5.41, 5.74) is -0.116. The van der Waals surface area contributed by atoms with Crippen LogP contribution in [0.4, 0.5) is 20.2 Å². The van der Waals surface area contributed by atoms with E-state index in [-0.39, 0.29) is 42.4 Å². The maximum Gasteiger partial charge on any atom is 0.295 e. The summed E-state index contributed by atoms with van der Waals surface area (Å²) in [6.07, 6.45) is 0. The van der Waals surface area contributed by atoms with Gasteiger partial charge in [0, 0.05) is 26.2 Å². The highest BCUT2D eigenvalue weighted by molar-refractivity contribution is 7.89. The topological polar surface area (TPSA) is 83.8 Å². The van der Waals surface area contributed by atoms with Gasteiger partial charge in [-0.05, 0) is 36.4 Å². The standard InChI is InChI=1S/C16H15F2N3O4S/c17-12-1-4-14(5-2-12)26(24,25)20-9-7-19(8-10-20)15-6-3-13(18)11-16(15)21(22)23/h1-6,11H,7-10H2. The van der Waals surface area contributed by atoms with E-state index in [0.717, 1.165) is 24.3 Å². The summed E-state index contributed by atoms with van der Waals surface area (Å²) in [6, 6.07) is 7.83. The Labute approximate surface area is 148 Å². The van der Waals surface area contributed by atoms with Crippen LogP contribution in [0.1, 0.15) is 0 Å². The summed E-state index contributed by atoms with van der Waals surface area (Å²) in [5, 5.41) is 11.1. The molecule has 0 bridgehead atoms. The van der Waals surface area contributed by atoms with E-state index < -0.39 is 26.6 Å². The fourth-order valence-electron chi connectivity index (χ4n) is 2.84. The van der Waals surface area contributed by atoms with Crippen LogP contribution < -0.4 is 4.90 Å². The summed E-state index contributed by atoms with van der Waals surface area (Å²) < 4.78 is 52.7. The molecule has 1 heterocycles. The minimum atomic E-state index is -3.77. The van der Waals surface area contributed by atoms with Crippen LogP contribution in [0, 0.1) is 21.7 Å². The van der Waals surface area contributed by atoms with Gasteiger partial charge in [-0.15, -0.1) is 0 Å². The molecule has 0 saturated carbocycles. The number of nitro benzene ring substituents is 1. The molecule has 0 spiro atoms. The molecule has 138 valence electrons. The van der Waals surface area contributed by atoms with Gasteiger partial charge in [0.05, 0.1) is 15.9 Å². The van der Waals surface area contributed by atoms with Crippen LogP contribution in [0.15, 0.2) is 47.4 Å². The van der Waals surface area contributed by atoms with Crippen molar-refractivity contribution in [2.45, 2.75) is 4.90 Å². The molecule has 7 nitrogen and oxygen atoms in total. The van der Waals surface area contributed by atoms with Crippen LogP contribution in [-0.2, 0) is 10.0 Å². The lowest BCUT2D eigenvalue weighted by Crippen LogP contribution is -2.48. The highest BCUT2D eigenvalue weighted by atomic mass is 32.2. The van der Waals surface area contributed by atoms with E-state index in [1.54, 1.807) is 4.90 Å². The first-order valence-electron chi connectivity index (χ1n) is 7.73. The molecule has 1 aliphatic rings. The second kappa shape index (κ2) is 6.96. The molecule has 2 aromatic carbocycles. The molecular weight excluding hydrogens is 368 g/mol. The number of nitrogens with zero attached hydrogens (tertiary/aromatic N) is 3. The third-order valence-electron chi connectivity index (χ3n) is 4.16. The number of anilines is 1. The van der Waals surface area contributed by atoms with Crippen LogP contribution in [0.2, 0.25) is 0 Å². The monoisotopic (exact) mass is 383 g/mol. The largest absolute Gasteiger partial charge is 0.363 e.